The van der Waals surface area contributed by atoms with Gasteiger partial charge in [-0.3, -0.25) is 58.3 Å². The zero-order valence-electron chi connectivity index (χ0n) is 57.9. The fourth-order valence-corrected chi connectivity index (χ4v) is 12.3. The van der Waals surface area contributed by atoms with E-state index in [0.717, 1.165) is 77.5 Å². The number of pyridine rings is 8. The molecule has 4 amide bonds. The molecule has 0 aromatic carbocycles. The molecule has 0 radical (unpaired) electrons. The highest BCUT2D eigenvalue weighted by atomic mass is 16.2. The SMILES string of the molecule is C[C@@H]1C[C@@H](C(=O)c2cccc(NC(=O)c3ccncc3)n2)CCN1C.C[C@@H]1C[C@H](C(=O)c2cccc(NC(=O)c3ccncc3)n2)CCN1C.C[C@H]1C[C@@H](C(=O)c2cccc(NC(=O)c3ccncc3)n2)CCN1C.C[C@H]1C[C@H](C(=O)c2cccc(NC(=O)c3ccncc3)n2)CCN1C. The van der Waals surface area contributed by atoms with Gasteiger partial charge in [-0.15, -0.1) is 0 Å². The number of ketones is 4. The first kappa shape index (κ1) is 73.8. The number of hydrogen-bond donors (Lipinski definition) is 4. The maximum absolute atomic E-state index is 12.8. The fourth-order valence-electron chi connectivity index (χ4n) is 12.3. The Balaban J connectivity index is 0.000000156. The van der Waals surface area contributed by atoms with E-state index in [9.17, 15) is 38.4 Å². The highest BCUT2D eigenvalue weighted by Gasteiger charge is 2.33. The normalized spacial score (nSPS) is 20.9. The number of hydrogen-bond acceptors (Lipinski definition) is 20. The van der Waals surface area contributed by atoms with Crippen molar-refractivity contribution in [1.29, 1.82) is 0 Å². The molecule has 0 spiro atoms. The van der Waals surface area contributed by atoms with Crippen LogP contribution in [0.25, 0.3) is 0 Å². The molecular formula is C76H88N16O8. The van der Waals surface area contributed by atoms with Gasteiger partial charge < -0.3 is 40.9 Å². The lowest BCUT2D eigenvalue weighted by Crippen LogP contribution is -2.40. The first-order chi connectivity index (χ1) is 48.2. The molecule has 12 rings (SSSR count). The Morgan fingerprint density at radius 3 is 0.670 bits per heavy atom. The third-order valence-electron chi connectivity index (χ3n) is 19.1. The van der Waals surface area contributed by atoms with Crippen LogP contribution in [0.5, 0.6) is 0 Å². The molecule has 12 heterocycles. The van der Waals surface area contributed by atoms with Crippen LogP contribution in [0.4, 0.5) is 23.3 Å². The van der Waals surface area contributed by atoms with Crippen molar-refractivity contribution < 1.29 is 38.4 Å². The summed E-state index contributed by atoms with van der Waals surface area (Å²) in [5.74, 6) is 0.633. The molecule has 8 atom stereocenters. The molecule has 0 bridgehead atoms. The Bertz CT molecular complexity index is 3580. The lowest BCUT2D eigenvalue weighted by atomic mass is 9.87. The van der Waals surface area contributed by atoms with E-state index < -0.39 is 0 Å². The molecule has 4 aliphatic rings. The summed E-state index contributed by atoms with van der Waals surface area (Å²) in [6.45, 7) is 12.2. The Hall–Kier alpha value is -10.4. The van der Waals surface area contributed by atoms with E-state index in [1.807, 2.05) is 0 Å². The largest absolute Gasteiger partial charge is 0.307 e. The van der Waals surface area contributed by atoms with Gasteiger partial charge in [0.15, 0.2) is 23.1 Å². The van der Waals surface area contributed by atoms with Crippen LogP contribution in [0.15, 0.2) is 171 Å². The molecule has 4 N–H and O–H groups in total. The number of amides is 4. The Kier molecular flexibility index (Phi) is 26.5. The summed E-state index contributed by atoms with van der Waals surface area (Å²) < 4.78 is 0. The van der Waals surface area contributed by atoms with E-state index in [4.69, 9.17) is 0 Å². The summed E-state index contributed by atoms with van der Waals surface area (Å²) in [6, 6.07) is 35.2. The van der Waals surface area contributed by atoms with Crippen LogP contribution in [0.3, 0.4) is 0 Å². The predicted molar refractivity (Wildman–Crippen MR) is 382 cm³/mol. The Morgan fingerprint density at radius 2 is 0.490 bits per heavy atom. The molecule has 0 aliphatic carbocycles. The van der Waals surface area contributed by atoms with Gasteiger partial charge in [-0.2, -0.15) is 0 Å². The van der Waals surface area contributed by atoms with Crippen molar-refractivity contribution in [2.24, 2.45) is 23.7 Å². The van der Waals surface area contributed by atoms with Crippen LogP contribution in [0.1, 0.15) is 162 Å². The average molecular weight is 1350 g/mol. The topological polar surface area (TPSA) is 301 Å². The molecule has 0 unspecified atom stereocenters. The Morgan fingerprint density at radius 1 is 0.300 bits per heavy atom. The number of piperidine rings is 4. The number of Topliss-reactive ketones (excluding diaryl/α,β-unsaturated/α-hetero) is 4. The first-order valence-electron chi connectivity index (χ1n) is 33.9. The summed E-state index contributed by atoms with van der Waals surface area (Å²) in [6.07, 6.45) is 19.2. The number of aromatic nitrogens is 8. The van der Waals surface area contributed by atoms with Gasteiger partial charge >= 0.3 is 0 Å². The minimum absolute atomic E-state index is 0.00940. The lowest BCUT2D eigenvalue weighted by Gasteiger charge is -2.34. The first-order valence-corrected chi connectivity index (χ1v) is 33.9. The third-order valence-corrected chi connectivity index (χ3v) is 19.1. The fraction of sp³-hybridized carbons (Fsp3) is 0.368. The number of anilines is 4. The summed E-state index contributed by atoms with van der Waals surface area (Å²) in [5, 5.41) is 10.9. The van der Waals surface area contributed by atoms with Crippen LogP contribution >= 0.6 is 0 Å². The van der Waals surface area contributed by atoms with E-state index in [1.165, 1.54) is 0 Å². The number of likely N-dealkylation sites (tertiary alicyclic amines) is 4. The van der Waals surface area contributed by atoms with Gasteiger partial charge in [0.1, 0.15) is 46.0 Å². The van der Waals surface area contributed by atoms with Gasteiger partial charge in [0.25, 0.3) is 23.6 Å². The Labute approximate surface area is 583 Å². The standard InChI is InChI=1S/4C19H22N4O2/c4*1-13-12-15(8-11-23(13)2)18(24)16-4-3-5-17(21-16)22-19(25)14-6-9-20-10-7-14/h4*3-7,9-10,13,15H,8,11-12H2,1-2H3,(H,21,22,25)/t2*13-,15+;2*13-,15-/m1010/s1. The number of nitrogens with zero attached hydrogens (tertiary/aromatic N) is 12. The third kappa shape index (κ3) is 20.8. The number of nitrogens with one attached hydrogen (secondary N) is 4. The second-order valence-corrected chi connectivity index (χ2v) is 26.1. The number of carbonyl (C=O) groups excluding carboxylic acids is 8. The highest BCUT2D eigenvalue weighted by molar-refractivity contribution is 6.07. The molecule has 0 saturated carbocycles. The van der Waals surface area contributed by atoms with E-state index in [2.05, 4.69) is 137 Å². The van der Waals surface area contributed by atoms with Crippen LogP contribution in [0, 0.1) is 23.7 Å². The smallest absolute Gasteiger partial charge is 0.256 e. The summed E-state index contributed by atoms with van der Waals surface area (Å²) in [4.78, 5) is 142. The van der Waals surface area contributed by atoms with Crippen molar-refractivity contribution in [1.82, 2.24) is 59.5 Å². The van der Waals surface area contributed by atoms with Crippen LogP contribution in [0.2, 0.25) is 0 Å². The van der Waals surface area contributed by atoms with Crippen molar-refractivity contribution in [3.05, 3.63) is 216 Å². The minimum atomic E-state index is -0.271. The van der Waals surface area contributed by atoms with Gasteiger partial charge in [0.05, 0.1) is 0 Å². The van der Waals surface area contributed by atoms with Crippen molar-refractivity contribution in [3.8, 4) is 0 Å². The molecule has 8 aromatic heterocycles. The number of carbonyl (C=O) groups is 8. The van der Waals surface area contributed by atoms with Crippen molar-refractivity contribution >= 4 is 70.0 Å². The van der Waals surface area contributed by atoms with Crippen molar-refractivity contribution in [2.45, 2.75) is 103 Å². The predicted octanol–water partition coefficient (Wildman–Crippen LogP) is 10.6. The zero-order chi connectivity index (χ0) is 71.2. The molecular weight excluding hydrogens is 1260 g/mol. The van der Waals surface area contributed by atoms with Gasteiger partial charge in [-0.1, -0.05) is 24.3 Å². The minimum Gasteiger partial charge on any atom is -0.307 e. The average Bonchev–Trinajstić information content (AvgIpc) is 0.852. The highest BCUT2D eigenvalue weighted by Crippen LogP contribution is 2.29. The monoisotopic (exact) mass is 1350 g/mol. The maximum atomic E-state index is 12.8. The summed E-state index contributed by atoms with van der Waals surface area (Å²) >= 11 is 0. The molecule has 100 heavy (non-hydrogen) atoms. The van der Waals surface area contributed by atoms with E-state index >= 15 is 0 Å². The molecule has 4 fully saturated rings. The molecule has 8 aromatic rings. The lowest BCUT2D eigenvalue weighted by molar-refractivity contribution is 0.0789. The quantitative estimate of drug-likeness (QED) is 0.0654. The van der Waals surface area contributed by atoms with Gasteiger partial charge in [0.2, 0.25) is 0 Å². The van der Waals surface area contributed by atoms with Crippen LogP contribution < -0.4 is 21.3 Å². The van der Waals surface area contributed by atoms with Gasteiger partial charge in [-0.05, 0) is 230 Å². The maximum Gasteiger partial charge on any atom is 0.256 e. The van der Waals surface area contributed by atoms with Gasteiger partial charge in [0, 0.05) is 120 Å². The van der Waals surface area contributed by atoms with Crippen molar-refractivity contribution in [3.63, 3.8) is 0 Å². The second kappa shape index (κ2) is 35.9. The molecule has 4 saturated heterocycles. The summed E-state index contributed by atoms with van der Waals surface area (Å²) in [7, 11) is 8.33. The number of rotatable bonds is 16. The van der Waals surface area contributed by atoms with E-state index in [0.29, 0.717) is 92.5 Å². The second-order valence-electron chi connectivity index (χ2n) is 26.1. The van der Waals surface area contributed by atoms with Crippen molar-refractivity contribution in [2.75, 3.05) is 75.6 Å². The van der Waals surface area contributed by atoms with E-state index in [1.54, 1.807) is 171 Å². The molecule has 24 heteroatoms. The molecule has 4 aliphatic heterocycles. The van der Waals surface area contributed by atoms with E-state index in [-0.39, 0.29) is 70.4 Å². The van der Waals surface area contributed by atoms with Gasteiger partial charge in [-0.25, -0.2) is 19.9 Å². The summed E-state index contributed by atoms with van der Waals surface area (Å²) in [5.41, 5.74) is 3.64. The zero-order valence-corrected chi connectivity index (χ0v) is 57.9. The van der Waals surface area contributed by atoms with Crippen LogP contribution in [-0.4, -0.2) is 185 Å². The molecule has 24 nitrogen and oxygen atoms in total. The van der Waals surface area contributed by atoms with Crippen LogP contribution in [-0.2, 0) is 0 Å². The molecule has 520 valence electrons.